The molecule has 7 atom stereocenters. The highest BCUT2D eigenvalue weighted by Crippen LogP contribution is 2.63. The van der Waals surface area contributed by atoms with Gasteiger partial charge in [-0.3, -0.25) is 4.79 Å². The predicted octanol–water partition coefficient (Wildman–Crippen LogP) is 3.16. The molecule has 0 radical (unpaired) electrons. The lowest BCUT2D eigenvalue weighted by Crippen LogP contribution is -2.50. The summed E-state index contributed by atoms with van der Waals surface area (Å²) in [4.78, 5) is 24.5. The van der Waals surface area contributed by atoms with Crippen LogP contribution in [0.3, 0.4) is 0 Å². The molecule has 3 aliphatic rings. The van der Waals surface area contributed by atoms with E-state index in [2.05, 4.69) is 6.92 Å². The number of rotatable bonds is 4. The lowest BCUT2D eigenvalue weighted by Gasteiger charge is -2.44. The Kier molecular flexibility index (Phi) is 5.20. The molecule has 28 heavy (non-hydrogen) atoms. The van der Waals surface area contributed by atoms with E-state index in [1.165, 1.54) is 6.92 Å². The number of carbonyl (C=O) groups is 2. The number of epoxide rings is 1. The van der Waals surface area contributed by atoms with Gasteiger partial charge < -0.3 is 19.3 Å². The van der Waals surface area contributed by atoms with Gasteiger partial charge in [-0.25, -0.2) is 4.79 Å². The fraction of sp³-hybridized carbons (Fsp3) is 0.818. The first-order valence-corrected chi connectivity index (χ1v) is 10.2. The third-order valence-electron chi connectivity index (χ3n) is 7.28. The molecule has 0 amide bonds. The van der Waals surface area contributed by atoms with E-state index in [1.54, 1.807) is 19.9 Å². The van der Waals surface area contributed by atoms with Crippen LogP contribution in [0, 0.1) is 17.3 Å². The van der Waals surface area contributed by atoms with Crippen molar-refractivity contribution in [3.05, 3.63) is 11.6 Å². The van der Waals surface area contributed by atoms with Crippen LogP contribution >= 0.6 is 0 Å². The first kappa shape index (κ1) is 21.3. The first-order valence-electron chi connectivity index (χ1n) is 10.2. The quantitative estimate of drug-likeness (QED) is 0.448. The Morgan fingerprint density at radius 1 is 1.21 bits per heavy atom. The largest absolute Gasteiger partial charge is 0.459 e. The van der Waals surface area contributed by atoms with Crippen molar-refractivity contribution >= 4 is 11.9 Å². The molecule has 1 saturated heterocycles. The van der Waals surface area contributed by atoms with E-state index in [9.17, 15) is 14.7 Å². The molecule has 0 aromatic rings. The van der Waals surface area contributed by atoms with E-state index in [4.69, 9.17) is 14.2 Å². The lowest BCUT2D eigenvalue weighted by molar-refractivity contribution is -0.171. The summed E-state index contributed by atoms with van der Waals surface area (Å²) in [6.45, 7) is 12.7. The van der Waals surface area contributed by atoms with E-state index in [0.29, 0.717) is 12.0 Å². The number of aliphatic hydroxyl groups is 1. The molecule has 0 spiro atoms. The molecular formula is C22H34O6. The van der Waals surface area contributed by atoms with E-state index < -0.39 is 28.8 Å². The van der Waals surface area contributed by atoms with Gasteiger partial charge in [0, 0.05) is 30.3 Å². The van der Waals surface area contributed by atoms with Gasteiger partial charge >= 0.3 is 11.9 Å². The van der Waals surface area contributed by atoms with Gasteiger partial charge in [-0.15, -0.1) is 0 Å². The van der Waals surface area contributed by atoms with Crippen LogP contribution in [0.15, 0.2) is 11.6 Å². The van der Waals surface area contributed by atoms with E-state index in [0.717, 1.165) is 12.8 Å². The summed E-state index contributed by atoms with van der Waals surface area (Å²) in [6, 6.07) is 0. The van der Waals surface area contributed by atoms with Gasteiger partial charge in [-0.05, 0) is 53.4 Å². The van der Waals surface area contributed by atoms with Crippen molar-refractivity contribution in [1.82, 2.24) is 0 Å². The van der Waals surface area contributed by atoms with Crippen molar-refractivity contribution in [3.8, 4) is 0 Å². The molecule has 0 aromatic carbocycles. The maximum absolute atomic E-state index is 12.6. The second kappa shape index (κ2) is 6.84. The molecule has 6 nitrogen and oxygen atoms in total. The number of fused-ring (bicyclic) bond motifs is 2. The van der Waals surface area contributed by atoms with Crippen LogP contribution in [-0.4, -0.2) is 46.6 Å². The highest BCUT2D eigenvalue weighted by atomic mass is 16.6. The third kappa shape index (κ3) is 3.50. The standard InChI is InChI=1S/C22H34O6/c1-8-12(2)19(24)27-15-11-22(7)18(28-22)17(26-13(3)23)21(6)10-9-14(16(15)21)20(4,5)25/h8,14-18,25H,9-11H2,1-7H3/t14-,15+,16-,17-,18+,21+,22-/m1/s1. The van der Waals surface area contributed by atoms with Crippen molar-refractivity contribution < 1.29 is 28.9 Å². The molecule has 3 fully saturated rings. The Labute approximate surface area is 167 Å². The maximum Gasteiger partial charge on any atom is 0.333 e. The highest BCUT2D eigenvalue weighted by Gasteiger charge is 2.71. The summed E-state index contributed by atoms with van der Waals surface area (Å²) in [7, 11) is 0. The molecule has 2 aliphatic carbocycles. The van der Waals surface area contributed by atoms with Crippen molar-refractivity contribution in [1.29, 1.82) is 0 Å². The summed E-state index contributed by atoms with van der Waals surface area (Å²) in [5.74, 6) is -0.878. The van der Waals surface area contributed by atoms with Gasteiger partial charge in [0.25, 0.3) is 0 Å². The number of hydrogen-bond acceptors (Lipinski definition) is 6. The summed E-state index contributed by atoms with van der Waals surface area (Å²) in [6.07, 6.45) is 2.78. The normalized spacial score (nSPS) is 42.9. The fourth-order valence-corrected chi connectivity index (χ4v) is 5.59. The summed E-state index contributed by atoms with van der Waals surface area (Å²) in [5, 5.41) is 10.9. The monoisotopic (exact) mass is 394 g/mol. The van der Waals surface area contributed by atoms with Crippen LogP contribution in [0.5, 0.6) is 0 Å². The second-order valence-electron chi connectivity index (χ2n) is 9.83. The topological polar surface area (TPSA) is 85.4 Å². The van der Waals surface area contributed by atoms with Crippen molar-refractivity contribution in [2.24, 2.45) is 17.3 Å². The number of esters is 2. The van der Waals surface area contributed by atoms with Crippen molar-refractivity contribution in [2.75, 3.05) is 0 Å². The van der Waals surface area contributed by atoms with Crippen LogP contribution in [0.1, 0.15) is 67.7 Å². The molecular weight excluding hydrogens is 360 g/mol. The Bertz CT molecular complexity index is 692. The van der Waals surface area contributed by atoms with Gasteiger partial charge in [0.05, 0.1) is 11.2 Å². The molecule has 1 N–H and O–H groups in total. The van der Waals surface area contributed by atoms with Gasteiger partial charge in [-0.1, -0.05) is 13.0 Å². The first-order chi connectivity index (χ1) is 12.8. The van der Waals surface area contributed by atoms with Crippen LogP contribution in [0.2, 0.25) is 0 Å². The molecule has 1 aliphatic heterocycles. The Balaban J connectivity index is 2.04. The van der Waals surface area contributed by atoms with Gasteiger partial charge in [0.1, 0.15) is 18.3 Å². The van der Waals surface area contributed by atoms with Crippen LogP contribution in [-0.2, 0) is 23.8 Å². The predicted molar refractivity (Wildman–Crippen MR) is 103 cm³/mol. The van der Waals surface area contributed by atoms with Crippen LogP contribution in [0.4, 0.5) is 0 Å². The van der Waals surface area contributed by atoms with Crippen LogP contribution in [0.25, 0.3) is 0 Å². The average molecular weight is 395 g/mol. The SMILES string of the molecule is CC=C(C)C(=O)O[C@H]1C[C@@]2(C)O[C@H]2[C@@H](OC(C)=O)[C@@]2(C)CC[C@@H](C(C)(C)O)[C@H]12. The zero-order valence-corrected chi connectivity index (χ0v) is 18.1. The minimum atomic E-state index is -0.931. The fourth-order valence-electron chi connectivity index (χ4n) is 5.59. The zero-order chi connectivity index (χ0) is 21.1. The number of carbonyl (C=O) groups excluding carboxylic acids is 2. The molecule has 158 valence electrons. The molecule has 3 rings (SSSR count). The molecule has 6 heteroatoms. The summed E-state index contributed by atoms with van der Waals surface area (Å²) < 4.78 is 17.8. The van der Waals surface area contributed by atoms with Gasteiger partial charge in [0.2, 0.25) is 0 Å². The van der Waals surface area contributed by atoms with Crippen LogP contribution < -0.4 is 0 Å². The zero-order valence-electron chi connectivity index (χ0n) is 18.1. The molecule has 1 heterocycles. The lowest BCUT2D eigenvalue weighted by atomic mass is 9.67. The molecule has 2 saturated carbocycles. The van der Waals surface area contributed by atoms with Crippen molar-refractivity contribution in [2.45, 2.75) is 97.2 Å². The summed E-state index contributed by atoms with van der Waals surface area (Å²) in [5.41, 5.74) is -1.31. The second-order valence-corrected chi connectivity index (χ2v) is 9.83. The Morgan fingerprint density at radius 3 is 2.39 bits per heavy atom. The highest BCUT2D eigenvalue weighted by molar-refractivity contribution is 5.87. The summed E-state index contributed by atoms with van der Waals surface area (Å²) >= 11 is 0. The average Bonchev–Trinajstić information content (AvgIpc) is 3.09. The number of hydrogen-bond donors (Lipinski definition) is 1. The van der Waals surface area contributed by atoms with E-state index in [1.807, 2.05) is 20.8 Å². The van der Waals surface area contributed by atoms with E-state index >= 15 is 0 Å². The van der Waals surface area contributed by atoms with E-state index in [-0.39, 0.29) is 29.9 Å². The molecule has 0 aromatic heterocycles. The van der Waals surface area contributed by atoms with Gasteiger partial charge in [-0.2, -0.15) is 0 Å². The minimum absolute atomic E-state index is 0.0691. The third-order valence-corrected chi connectivity index (χ3v) is 7.28. The number of ether oxygens (including phenoxy) is 3. The smallest absolute Gasteiger partial charge is 0.333 e. The Morgan fingerprint density at radius 2 is 1.86 bits per heavy atom. The molecule has 0 bridgehead atoms. The van der Waals surface area contributed by atoms with Crippen molar-refractivity contribution in [3.63, 3.8) is 0 Å². The molecule has 0 unspecified atom stereocenters. The van der Waals surface area contributed by atoms with Gasteiger partial charge in [0.15, 0.2) is 0 Å². The Hall–Kier alpha value is -1.40. The minimum Gasteiger partial charge on any atom is -0.459 e. The number of allylic oxidation sites excluding steroid dienone is 1. The maximum atomic E-state index is 12.6.